The molecule has 2 N–H and O–H groups in total. The molecule has 0 spiro atoms. The summed E-state index contributed by atoms with van der Waals surface area (Å²) >= 11 is 0. The zero-order valence-corrected chi connectivity index (χ0v) is 17.0. The zero-order chi connectivity index (χ0) is 21.7. The van der Waals surface area contributed by atoms with E-state index in [2.05, 4.69) is 10.6 Å². The van der Waals surface area contributed by atoms with Crippen molar-refractivity contribution < 1.29 is 14.0 Å². The molecule has 2 amide bonds. The van der Waals surface area contributed by atoms with Crippen molar-refractivity contribution >= 4 is 23.2 Å². The van der Waals surface area contributed by atoms with Gasteiger partial charge in [0.25, 0.3) is 5.91 Å². The molecule has 0 atom stereocenters. The number of rotatable bonds is 6. The summed E-state index contributed by atoms with van der Waals surface area (Å²) < 4.78 is 5.12. The number of carbonyl (C=O) groups is 2. The van der Waals surface area contributed by atoms with Gasteiger partial charge >= 0.3 is 0 Å². The second kappa shape index (κ2) is 8.71. The molecular weight excluding hydrogens is 388 g/mol. The normalized spacial score (nSPS) is 11.0. The number of furan rings is 1. The third-order valence-electron chi connectivity index (χ3n) is 5.28. The van der Waals surface area contributed by atoms with Crippen LogP contribution in [-0.4, -0.2) is 11.8 Å². The molecule has 0 aliphatic rings. The number of hydrogen-bond acceptors (Lipinski definition) is 3. The number of anilines is 2. The fraction of sp³-hybridized carbons (Fsp3) is 0.0769. The maximum Gasteiger partial charge on any atom is 0.291 e. The van der Waals surface area contributed by atoms with Crippen molar-refractivity contribution in [1.29, 1.82) is 0 Å². The van der Waals surface area contributed by atoms with Crippen LogP contribution in [0, 0.1) is 0 Å². The summed E-state index contributed by atoms with van der Waals surface area (Å²) in [5.41, 5.74) is 2.03. The van der Waals surface area contributed by atoms with Crippen LogP contribution < -0.4 is 10.6 Å². The Morgan fingerprint density at radius 2 is 1.29 bits per heavy atom. The highest BCUT2D eigenvalue weighted by molar-refractivity contribution is 6.04. The summed E-state index contributed by atoms with van der Waals surface area (Å²) in [5, 5.41) is 5.79. The van der Waals surface area contributed by atoms with Crippen molar-refractivity contribution in [2.24, 2.45) is 0 Å². The monoisotopic (exact) mass is 410 g/mol. The van der Waals surface area contributed by atoms with Gasteiger partial charge in [-0.2, -0.15) is 0 Å². The van der Waals surface area contributed by atoms with Crippen LogP contribution in [0.2, 0.25) is 0 Å². The molecule has 0 aliphatic heterocycles. The van der Waals surface area contributed by atoms with Crippen molar-refractivity contribution in [2.75, 3.05) is 10.6 Å². The molecule has 5 heteroatoms. The summed E-state index contributed by atoms with van der Waals surface area (Å²) in [7, 11) is 0. The van der Waals surface area contributed by atoms with Gasteiger partial charge in [-0.05, 0) is 48.4 Å². The van der Waals surface area contributed by atoms with Crippen LogP contribution >= 0.6 is 0 Å². The molecule has 0 aliphatic carbocycles. The molecular formula is C26H22N2O3. The van der Waals surface area contributed by atoms with E-state index in [1.807, 2.05) is 67.6 Å². The standard InChI is InChI=1S/C26H22N2O3/c1-26(19-10-4-2-5-11-19,20-12-6-3-7-13-20)25(30)28-22-15-8-14-21(18-22)27-24(29)23-16-9-17-31-23/h2-18H,1H3,(H,27,29)(H,28,30). The maximum atomic E-state index is 13.5. The Bertz CT molecular complexity index is 1130. The fourth-order valence-electron chi connectivity index (χ4n) is 3.50. The van der Waals surface area contributed by atoms with Crippen LogP contribution in [0.1, 0.15) is 28.6 Å². The van der Waals surface area contributed by atoms with E-state index in [1.165, 1.54) is 6.26 Å². The molecule has 5 nitrogen and oxygen atoms in total. The van der Waals surface area contributed by atoms with Gasteiger partial charge in [0, 0.05) is 11.4 Å². The van der Waals surface area contributed by atoms with Gasteiger partial charge in [-0.3, -0.25) is 9.59 Å². The van der Waals surface area contributed by atoms with Crippen LogP contribution in [0.3, 0.4) is 0 Å². The number of carbonyl (C=O) groups excluding carboxylic acids is 2. The van der Waals surface area contributed by atoms with Crippen LogP contribution in [0.15, 0.2) is 108 Å². The first kappa shape index (κ1) is 20.2. The second-order valence-corrected chi connectivity index (χ2v) is 7.32. The van der Waals surface area contributed by atoms with Crippen LogP contribution in [0.4, 0.5) is 11.4 Å². The third-order valence-corrected chi connectivity index (χ3v) is 5.28. The number of hydrogen-bond donors (Lipinski definition) is 2. The average molecular weight is 410 g/mol. The van der Waals surface area contributed by atoms with Gasteiger partial charge < -0.3 is 15.1 Å². The van der Waals surface area contributed by atoms with E-state index in [9.17, 15) is 9.59 Å². The minimum atomic E-state index is -0.893. The van der Waals surface area contributed by atoms with Gasteiger partial charge in [0.05, 0.1) is 11.7 Å². The van der Waals surface area contributed by atoms with Crippen molar-refractivity contribution in [2.45, 2.75) is 12.3 Å². The van der Waals surface area contributed by atoms with E-state index in [-0.39, 0.29) is 17.6 Å². The SMILES string of the molecule is CC(C(=O)Nc1cccc(NC(=O)c2ccco2)c1)(c1ccccc1)c1ccccc1. The fourth-order valence-corrected chi connectivity index (χ4v) is 3.50. The molecule has 4 rings (SSSR count). The van der Waals surface area contributed by atoms with Gasteiger partial charge in [0.1, 0.15) is 0 Å². The van der Waals surface area contributed by atoms with Crippen LogP contribution in [-0.2, 0) is 10.2 Å². The van der Waals surface area contributed by atoms with E-state index in [1.54, 1.807) is 36.4 Å². The smallest absolute Gasteiger partial charge is 0.291 e. The van der Waals surface area contributed by atoms with Crippen molar-refractivity contribution in [3.63, 3.8) is 0 Å². The molecule has 0 saturated heterocycles. The van der Waals surface area contributed by atoms with E-state index in [4.69, 9.17) is 4.42 Å². The molecule has 31 heavy (non-hydrogen) atoms. The Hall–Kier alpha value is -4.12. The van der Waals surface area contributed by atoms with E-state index in [0.717, 1.165) is 11.1 Å². The summed E-state index contributed by atoms with van der Waals surface area (Å²) in [6, 6.07) is 29.6. The summed E-state index contributed by atoms with van der Waals surface area (Å²) in [6.45, 7) is 1.91. The lowest BCUT2D eigenvalue weighted by molar-refractivity contribution is -0.119. The van der Waals surface area contributed by atoms with Gasteiger partial charge in [-0.25, -0.2) is 0 Å². The first-order valence-corrected chi connectivity index (χ1v) is 9.95. The lowest BCUT2D eigenvalue weighted by Crippen LogP contribution is -2.38. The van der Waals surface area contributed by atoms with Gasteiger partial charge in [0.15, 0.2) is 5.76 Å². The Balaban J connectivity index is 1.60. The molecule has 0 unspecified atom stereocenters. The predicted octanol–water partition coefficient (Wildman–Crippen LogP) is 5.48. The topological polar surface area (TPSA) is 71.3 Å². The quantitative estimate of drug-likeness (QED) is 0.442. The molecule has 0 radical (unpaired) electrons. The third kappa shape index (κ3) is 4.26. The minimum absolute atomic E-state index is 0.167. The lowest BCUT2D eigenvalue weighted by atomic mass is 9.75. The Morgan fingerprint density at radius 3 is 1.84 bits per heavy atom. The Labute approximate surface area is 180 Å². The van der Waals surface area contributed by atoms with Gasteiger partial charge in [-0.15, -0.1) is 0 Å². The number of nitrogens with one attached hydrogen (secondary N) is 2. The Morgan fingerprint density at radius 1 is 0.710 bits per heavy atom. The van der Waals surface area contributed by atoms with Crippen molar-refractivity contribution in [1.82, 2.24) is 0 Å². The first-order valence-electron chi connectivity index (χ1n) is 9.95. The summed E-state index contributed by atoms with van der Waals surface area (Å²) in [5.74, 6) is -0.304. The average Bonchev–Trinajstić information content (AvgIpc) is 3.35. The highest BCUT2D eigenvalue weighted by atomic mass is 16.3. The van der Waals surface area contributed by atoms with Crippen LogP contribution in [0.25, 0.3) is 0 Å². The molecule has 0 saturated carbocycles. The first-order chi connectivity index (χ1) is 15.1. The highest BCUT2D eigenvalue weighted by Gasteiger charge is 2.37. The Kier molecular flexibility index (Phi) is 5.67. The van der Waals surface area contributed by atoms with E-state index < -0.39 is 5.41 Å². The molecule has 0 bridgehead atoms. The summed E-state index contributed by atoms with van der Waals surface area (Å²) in [6.07, 6.45) is 1.44. The zero-order valence-electron chi connectivity index (χ0n) is 17.0. The predicted molar refractivity (Wildman–Crippen MR) is 121 cm³/mol. The second-order valence-electron chi connectivity index (χ2n) is 7.32. The largest absolute Gasteiger partial charge is 0.459 e. The molecule has 1 heterocycles. The highest BCUT2D eigenvalue weighted by Crippen LogP contribution is 2.33. The van der Waals surface area contributed by atoms with Gasteiger partial charge in [0.2, 0.25) is 5.91 Å². The van der Waals surface area contributed by atoms with Crippen molar-refractivity contribution in [3.8, 4) is 0 Å². The summed E-state index contributed by atoms with van der Waals surface area (Å²) in [4.78, 5) is 25.8. The van der Waals surface area contributed by atoms with Crippen LogP contribution in [0.5, 0.6) is 0 Å². The molecule has 1 aromatic heterocycles. The molecule has 154 valence electrons. The number of amides is 2. The van der Waals surface area contributed by atoms with E-state index in [0.29, 0.717) is 11.4 Å². The molecule has 0 fully saturated rings. The minimum Gasteiger partial charge on any atom is -0.459 e. The van der Waals surface area contributed by atoms with E-state index >= 15 is 0 Å². The maximum absolute atomic E-state index is 13.5. The molecule has 3 aromatic carbocycles. The lowest BCUT2D eigenvalue weighted by Gasteiger charge is -2.29. The molecule has 4 aromatic rings. The van der Waals surface area contributed by atoms with Crippen molar-refractivity contribution in [3.05, 3.63) is 120 Å². The number of benzene rings is 3. The van der Waals surface area contributed by atoms with Gasteiger partial charge in [-0.1, -0.05) is 66.7 Å².